The highest BCUT2D eigenvalue weighted by Gasteiger charge is 2.19. The Morgan fingerprint density at radius 3 is 1.43 bits per heavy atom. The maximum absolute atomic E-state index is 5.28. The fourth-order valence-electron chi connectivity index (χ4n) is 6.83. The summed E-state index contributed by atoms with van der Waals surface area (Å²) in [6.07, 6.45) is 3.71. The van der Waals surface area contributed by atoms with Crippen LogP contribution in [0.4, 0.5) is 0 Å². The minimum absolute atomic E-state index is 0.973. The zero-order chi connectivity index (χ0) is 31.2. The molecule has 0 bridgehead atoms. The van der Waals surface area contributed by atoms with E-state index in [2.05, 4.69) is 157 Å². The van der Waals surface area contributed by atoms with E-state index in [1.165, 1.54) is 60.5 Å². The van der Waals surface area contributed by atoms with Crippen molar-refractivity contribution in [3.63, 3.8) is 0 Å². The molecule has 0 saturated heterocycles. The maximum atomic E-state index is 5.28. The molecule has 7 aromatic carbocycles. The molecule has 9 rings (SSSR count). The number of hydrogen-bond acceptors (Lipinski definition) is 3. The lowest BCUT2D eigenvalue weighted by atomic mass is 9.88. The van der Waals surface area contributed by atoms with Crippen molar-refractivity contribution < 1.29 is 0 Å². The van der Waals surface area contributed by atoms with E-state index in [1.54, 1.807) is 11.3 Å². The van der Waals surface area contributed by atoms with Gasteiger partial charge in [-0.05, 0) is 84.8 Å². The van der Waals surface area contributed by atoms with Crippen LogP contribution in [0.25, 0.3) is 86.8 Å². The third-order valence-corrected chi connectivity index (χ3v) is 10.1. The van der Waals surface area contributed by atoms with Gasteiger partial charge in [-0.3, -0.25) is 4.98 Å². The van der Waals surface area contributed by atoms with Crippen LogP contribution in [0.5, 0.6) is 0 Å². The number of thiazole rings is 1. The van der Waals surface area contributed by atoms with Gasteiger partial charge in [-0.25, -0.2) is 4.98 Å². The predicted molar refractivity (Wildman–Crippen MR) is 200 cm³/mol. The molecule has 0 saturated carbocycles. The highest BCUT2D eigenvalue weighted by molar-refractivity contribution is 7.21. The molecule has 0 radical (unpaired) electrons. The van der Waals surface area contributed by atoms with Crippen LogP contribution in [0.15, 0.2) is 170 Å². The Kier molecular flexibility index (Phi) is 6.69. The average Bonchev–Trinajstić information content (AvgIpc) is 3.59. The average molecular weight is 617 g/mol. The molecule has 9 aromatic rings. The number of hydrogen-bond donors (Lipinski definition) is 0. The van der Waals surface area contributed by atoms with Crippen molar-refractivity contribution in [2.24, 2.45) is 0 Å². The number of fused-ring (bicyclic) bond motifs is 3. The van der Waals surface area contributed by atoms with Crippen LogP contribution in [-0.2, 0) is 0 Å². The van der Waals surface area contributed by atoms with Crippen molar-refractivity contribution in [3.8, 4) is 55.1 Å². The van der Waals surface area contributed by atoms with E-state index in [-0.39, 0.29) is 0 Å². The van der Waals surface area contributed by atoms with Gasteiger partial charge in [0.1, 0.15) is 5.01 Å². The van der Waals surface area contributed by atoms with Gasteiger partial charge >= 0.3 is 0 Å². The largest absolute Gasteiger partial charge is 0.264 e. The lowest BCUT2D eigenvalue weighted by Gasteiger charge is -2.15. The summed E-state index contributed by atoms with van der Waals surface area (Å²) in [5.41, 5.74) is 11.7. The first-order valence-corrected chi connectivity index (χ1v) is 16.6. The van der Waals surface area contributed by atoms with Crippen LogP contribution in [-0.4, -0.2) is 9.97 Å². The van der Waals surface area contributed by atoms with Gasteiger partial charge in [0.05, 0.1) is 10.2 Å². The zero-order valence-electron chi connectivity index (χ0n) is 25.5. The van der Waals surface area contributed by atoms with Crippen molar-refractivity contribution >= 4 is 43.1 Å². The number of rotatable bonds is 5. The van der Waals surface area contributed by atoms with Crippen molar-refractivity contribution in [1.82, 2.24) is 9.97 Å². The number of aromatic nitrogens is 2. The van der Waals surface area contributed by atoms with Crippen LogP contribution in [0.1, 0.15) is 0 Å². The molecule has 47 heavy (non-hydrogen) atoms. The van der Waals surface area contributed by atoms with Gasteiger partial charge in [0, 0.05) is 23.5 Å². The summed E-state index contributed by atoms with van der Waals surface area (Å²) < 4.78 is 1.16. The summed E-state index contributed by atoms with van der Waals surface area (Å²) in [6, 6.07) is 56.7. The molecule has 3 heteroatoms. The molecule has 2 aromatic heterocycles. The Morgan fingerprint density at radius 1 is 0.383 bits per heavy atom. The summed E-state index contributed by atoms with van der Waals surface area (Å²) in [5, 5.41) is 5.90. The van der Waals surface area contributed by atoms with E-state index in [9.17, 15) is 0 Å². The molecule has 0 atom stereocenters. The summed E-state index contributed by atoms with van der Waals surface area (Å²) >= 11 is 1.73. The van der Waals surface area contributed by atoms with E-state index in [0.717, 1.165) is 26.4 Å². The molecule has 2 nitrogen and oxygen atoms in total. The SMILES string of the molecule is c1ccc(-c2ccc(-c3cc(-c4ccc(-c5ccccc5)c5ccccc45)c4nc(-c5cccnc5)sc4c3)c3ccccc23)cc1. The molecular weight excluding hydrogens is 589 g/mol. The second-order valence-corrected chi connectivity index (χ2v) is 12.8. The Hall–Kier alpha value is -5.90. The van der Waals surface area contributed by atoms with Crippen LogP contribution in [0.2, 0.25) is 0 Å². The second kappa shape index (κ2) is 11.5. The maximum Gasteiger partial charge on any atom is 0.126 e. The summed E-state index contributed by atoms with van der Waals surface area (Å²) in [6.45, 7) is 0. The highest BCUT2D eigenvalue weighted by Crippen LogP contribution is 2.44. The molecule has 0 amide bonds. The minimum Gasteiger partial charge on any atom is -0.264 e. The summed E-state index contributed by atoms with van der Waals surface area (Å²) in [4.78, 5) is 9.67. The smallest absolute Gasteiger partial charge is 0.126 e. The van der Waals surface area contributed by atoms with Gasteiger partial charge in [-0.15, -0.1) is 11.3 Å². The van der Waals surface area contributed by atoms with Gasteiger partial charge in [0.2, 0.25) is 0 Å². The molecule has 0 N–H and O–H groups in total. The van der Waals surface area contributed by atoms with Gasteiger partial charge in [-0.1, -0.05) is 133 Å². The highest BCUT2D eigenvalue weighted by atomic mass is 32.1. The molecule has 0 aliphatic heterocycles. The topological polar surface area (TPSA) is 25.8 Å². The fraction of sp³-hybridized carbons (Fsp3) is 0. The molecule has 0 aliphatic carbocycles. The Bertz CT molecular complexity index is 2550. The molecule has 0 aliphatic rings. The monoisotopic (exact) mass is 616 g/mol. The first-order valence-electron chi connectivity index (χ1n) is 15.8. The van der Waals surface area contributed by atoms with E-state index in [0.29, 0.717) is 0 Å². The second-order valence-electron chi connectivity index (χ2n) is 11.8. The van der Waals surface area contributed by atoms with E-state index in [1.807, 2.05) is 18.5 Å². The van der Waals surface area contributed by atoms with E-state index in [4.69, 9.17) is 4.98 Å². The summed E-state index contributed by atoms with van der Waals surface area (Å²) in [7, 11) is 0. The number of nitrogens with zero attached hydrogens (tertiary/aromatic N) is 2. The molecule has 0 fully saturated rings. The molecular formula is C44H28N2S. The van der Waals surface area contributed by atoms with Crippen molar-refractivity contribution in [2.45, 2.75) is 0 Å². The third-order valence-electron chi connectivity index (χ3n) is 9.02. The predicted octanol–water partition coefficient (Wildman–Crippen LogP) is 12.3. The molecule has 220 valence electrons. The Balaban J connectivity index is 1.32. The van der Waals surface area contributed by atoms with Crippen LogP contribution >= 0.6 is 11.3 Å². The van der Waals surface area contributed by atoms with Gasteiger partial charge < -0.3 is 0 Å². The molecule has 2 heterocycles. The van der Waals surface area contributed by atoms with Crippen molar-refractivity contribution in [1.29, 1.82) is 0 Å². The standard InChI is InChI=1S/C44H28N2S/c1-3-12-29(13-4-1)33-21-22-35(38-19-8-7-17-36(33)38)32-26-41(43-42(27-32)47-44(46-43)31-16-11-25-45-28-31)40-24-23-34(30-14-5-2-6-15-30)37-18-9-10-20-39(37)40/h1-28H. The van der Waals surface area contributed by atoms with E-state index < -0.39 is 0 Å². The van der Waals surface area contributed by atoms with Gasteiger partial charge in [-0.2, -0.15) is 0 Å². The zero-order valence-corrected chi connectivity index (χ0v) is 26.3. The fourth-order valence-corrected chi connectivity index (χ4v) is 7.85. The minimum atomic E-state index is 0.973. The van der Waals surface area contributed by atoms with Crippen LogP contribution in [0, 0.1) is 0 Å². The molecule has 0 spiro atoms. The van der Waals surface area contributed by atoms with Crippen LogP contribution in [0.3, 0.4) is 0 Å². The number of benzene rings is 7. The molecule has 0 unspecified atom stereocenters. The summed E-state index contributed by atoms with van der Waals surface area (Å²) in [5.74, 6) is 0. The first-order chi connectivity index (χ1) is 23.3. The lowest BCUT2D eigenvalue weighted by Crippen LogP contribution is -1.90. The van der Waals surface area contributed by atoms with Crippen molar-refractivity contribution in [2.75, 3.05) is 0 Å². The van der Waals surface area contributed by atoms with Gasteiger partial charge in [0.15, 0.2) is 0 Å². The Morgan fingerprint density at radius 2 is 0.872 bits per heavy atom. The quantitative estimate of drug-likeness (QED) is 0.192. The lowest BCUT2D eigenvalue weighted by molar-refractivity contribution is 1.32. The van der Waals surface area contributed by atoms with Gasteiger partial charge in [0.25, 0.3) is 0 Å². The van der Waals surface area contributed by atoms with Crippen LogP contribution < -0.4 is 0 Å². The third kappa shape index (κ3) is 4.80. The first kappa shape index (κ1) is 27.4. The normalized spacial score (nSPS) is 11.4. The Labute approximate surface area is 277 Å². The van der Waals surface area contributed by atoms with E-state index >= 15 is 0 Å². The van der Waals surface area contributed by atoms with Crippen molar-refractivity contribution in [3.05, 3.63) is 170 Å². The number of pyridine rings is 1.